The summed E-state index contributed by atoms with van der Waals surface area (Å²) >= 11 is 7.85. The van der Waals surface area contributed by atoms with Gasteiger partial charge in [0.25, 0.3) is 5.91 Å². The SMILES string of the molecule is C[C@H]1C[C@@H]1C(=O)Nc1ccc(C(=O)N2CCSc3ccc(Cl)cc32)cc1. The van der Waals surface area contributed by atoms with Gasteiger partial charge in [0.15, 0.2) is 0 Å². The maximum Gasteiger partial charge on any atom is 0.258 e. The number of anilines is 2. The molecule has 1 aliphatic heterocycles. The van der Waals surface area contributed by atoms with Crippen molar-refractivity contribution in [2.24, 2.45) is 11.8 Å². The van der Waals surface area contributed by atoms with Gasteiger partial charge in [-0.25, -0.2) is 0 Å². The van der Waals surface area contributed by atoms with Crippen LogP contribution in [0.4, 0.5) is 11.4 Å². The first-order chi connectivity index (χ1) is 12.5. The predicted molar refractivity (Wildman–Crippen MR) is 106 cm³/mol. The van der Waals surface area contributed by atoms with Gasteiger partial charge in [-0.15, -0.1) is 11.8 Å². The van der Waals surface area contributed by atoms with Crippen molar-refractivity contribution in [1.29, 1.82) is 0 Å². The third-order valence-electron chi connectivity index (χ3n) is 4.88. The van der Waals surface area contributed by atoms with Gasteiger partial charge >= 0.3 is 0 Å². The third kappa shape index (κ3) is 3.46. The molecular formula is C20H19ClN2O2S. The summed E-state index contributed by atoms with van der Waals surface area (Å²) in [5.74, 6) is 1.47. The molecule has 0 spiro atoms. The molecule has 2 amide bonds. The molecule has 134 valence electrons. The molecule has 0 saturated heterocycles. The Kier molecular flexibility index (Phi) is 4.67. The van der Waals surface area contributed by atoms with Gasteiger partial charge in [0.2, 0.25) is 5.91 Å². The minimum Gasteiger partial charge on any atom is -0.326 e. The summed E-state index contributed by atoms with van der Waals surface area (Å²) in [4.78, 5) is 27.8. The highest BCUT2D eigenvalue weighted by molar-refractivity contribution is 7.99. The van der Waals surface area contributed by atoms with Crippen molar-refractivity contribution in [2.75, 3.05) is 22.5 Å². The van der Waals surface area contributed by atoms with E-state index in [1.807, 2.05) is 18.2 Å². The van der Waals surface area contributed by atoms with Crippen molar-refractivity contribution in [3.05, 3.63) is 53.1 Å². The monoisotopic (exact) mass is 386 g/mol. The number of rotatable bonds is 3. The zero-order valence-electron chi connectivity index (χ0n) is 14.4. The standard InChI is InChI=1S/C20H19ClN2O2S/c1-12-10-16(12)19(24)22-15-5-2-13(3-6-15)20(25)23-8-9-26-18-7-4-14(21)11-17(18)23/h2-7,11-12,16H,8-10H2,1H3,(H,22,24)/t12-,16-/m0/s1. The number of nitrogens with zero attached hydrogens (tertiary/aromatic N) is 1. The fourth-order valence-corrected chi connectivity index (χ4v) is 4.32. The second kappa shape index (κ2) is 6.97. The lowest BCUT2D eigenvalue weighted by Crippen LogP contribution is -2.35. The van der Waals surface area contributed by atoms with E-state index in [2.05, 4.69) is 12.2 Å². The number of nitrogens with one attached hydrogen (secondary N) is 1. The van der Waals surface area contributed by atoms with E-state index in [4.69, 9.17) is 11.6 Å². The number of halogens is 1. The number of thioether (sulfide) groups is 1. The van der Waals surface area contributed by atoms with E-state index in [-0.39, 0.29) is 17.7 Å². The molecule has 2 aliphatic rings. The Morgan fingerprint density at radius 1 is 1.19 bits per heavy atom. The molecule has 6 heteroatoms. The molecule has 1 aliphatic carbocycles. The quantitative estimate of drug-likeness (QED) is 0.832. The number of benzene rings is 2. The summed E-state index contributed by atoms with van der Waals surface area (Å²) < 4.78 is 0. The summed E-state index contributed by atoms with van der Waals surface area (Å²) in [6, 6.07) is 12.7. The van der Waals surface area contributed by atoms with E-state index in [1.165, 1.54) is 0 Å². The Morgan fingerprint density at radius 3 is 2.62 bits per heavy atom. The molecule has 1 saturated carbocycles. The van der Waals surface area contributed by atoms with Gasteiger partial charge in [-0.1, -0.05) is 18.5 Å². The van der Waals surface area contributed by atoms with Crippen LogP contribution in [0.25, 0.3) is 0 Å². The van der Waals surface area contributed by atoms with E-state index in [9.17, 15) is 9.59 Å². The zero-order chi connectivity index (χ0) is 18.3. The summed E-state index contributed by atoms with van der Waals surface area (Å²) in [6.07, 6.45) is 0.956. The third-order valence-corrected chi connectivity index (χ3v) is 6.15. The van der Waals surface area contributed by atoms with E-state index < -0.39 is 0 Å². The number of carbonyl (C=O) groups excluding carboxylic acids is 2. The minimum absolute atomic E-state index is 0.0532. The molecule has 2 aromatic carbocycles. The first-order valence-corrected chi connectivity index (χ1v) is 10.0. The molecule has 2 atom stereocenters. The molecule has 0 aromatic heterocycles. The fraction of sp³-hybridized carbons (Fsp3) is 0.300. The topological polar surface area (TPSA) is 49.4 Å². The number of fused-ring (bicyclic) bond motifs is 1. The van der Waals surface area contributed by atoms with Crippen LogP contribution in [0.1, 0.15) is 23.7 Å². The summed E-state index contributed by atoms with van der Waals surface area (Å²) in [5, 5.41) is 3.54. The second-order valence-electron chi connectivity index (χ2n) is 6.80. The van der Waals surface area contributed by atoms with Crippen molar-refractivity contribution in [1.82, 2.24) is 0 Å². The Morgan fingerprint density at radius 2 is 1.92 bits per heavy atom. The van der Waals surface area contributed by atoms with Gasteiger partial charge in [0.1, 0.15) is 0 Å². The Hall–Kier alpha value is -1.98. The van der Waals surface area contributed by atoms with Gasteiger partial charge in [-0.05, 0) is 54.8 Å². The lowest BCUT2D eigenvalue weighted by Gasteiger charge is -2.29. The van der Waals surface area contributed by atoms with Crippen molar-refractivity contribution < 1.29 is 9.59 Å². The molecule has 2 aromatic rings. The van der Waals surface area contributed by atoms with Crippen molar-refractivity contribution in [3.63, 3.8) is 0 Å². The van der Waals surface area contributed by atoms with Gasteiger partial charge < -0.3 is 10.2 Å². The lowest BCUT2D eigenvalue weighted by atomic mass is 10.1. The van der Waals surface area contributed by atoms with Crippen LogP contribution in [0.15, 0.2) is 47.4 Å². The highest BCUT2D eigenvalue weighted by atomic mass is 35.5. The average molecular weight is 387 g/mol. The maximum absolute atomic E-state index is 13.0. The Bertz CT molecular complexity index is 869. The first-order valence-electron chi connectivity index (χ1n) is 8.68. The van der Waals surface area contributed by atoms with Gasteiger partial charge in [-0.3, -0.25) is 9.59 Å². The highest BCUT2D eigenvalue weighted by Crippen LogP contribution is 2.39. The van der Waals surface area contributed by atoms with E-state index in [0.29, 0.717) is 23.0 Å². The molecule has 0 bridgehead atoms. The van der Waals surface area contributed by atoms with Crippen LogP contribution in [0, 0.1) is 11.8 Å². The van der Waals surface area contributed by atoms with Crippen LogP contribution in [-0.4, -0.2) is 24.1 Å². The van der Waals surface area contributed by atoms with Crippen LogP contribution >= 0.6 is 23.4 Å². The predicted octanol–water partition coefficient (Wildman–Crippen LogP) is 4.69. The maximum atomic E-state index is 13.0. The van der Waals surface area contributed by atoms with E-state index in [1.54, 1.807) is 40.9 Å². The summed E-state index contributed by atoms with van der Waals surface area (Å²) in [7, 11) is 0. The lowest BCUT2D eigenvalue weighted by molar-refractivity contribution is -0.117. The van der Waals surface area contributed by atoms with E-state index in [0.717, 1.165) is 28.4 Å². The van der Waals surface area contributed by atoms with Crippen molar-refractivity contribution in [3.8, 4) is 0 Å². The first kappa shape index (κ1) is 17.4. The van der Waals surface area contributed by atoms with Crippen LogP contribution in [-0.2, 0) is 4.79 Å². The van der Waals surface area contributed by atoms with Gasteiger partial charge in [0, 0.05) is 39.4 Å². The molecule has 1 heterocycles. The molecule has 26 heavy (non-hydrogen) atoms. The molecule has 0 radical (unpaired) electrons. The molecule has 4 nitrogen and oxygen atoms in total. The van der Waals surface area contributed by atoms with Crippen LogP contribution in [0.3, 0.4) is 0 Å². The van der Waals surface area contributed by atoms with Gasteiger partial charge in [0.05, 0.1) is 5.69 Å². The Balaban J connectivity index is 1.50. The molecule has 0 unspecified atom stereocenters. The number of amides is 2. The van der Waals surface area contributed by atoms with Crippen LogP contribution in [0.2, 0.25) is 5.02 Å². The summed E-state index contributed by atoms with van der Waals surface area (Å²) in [6.45, 7) is 2.72. The normalized spacial score (nSPS) is 21.1. The largest absolute Gasteiger partial charge is 0.326 e. The van der Waals surface area contributed by atoms with Crippen molar-refractivity contribution >= 4 is 46.6 Å². The molecule has 4 rings (SSSR count). The van der Waals surface area contributed by atoms with E-state index >= 15 is 0 Å². The Labute approximate surface area is 161 Å². The van der Waals surface area contributed by atoms with Crippen molar-refractivity contribution in [2.45, 2.75) is 18.2 Å². The van der Waals surface area contributed by atoms with Crippen LogP contribution in [0.5, 0.6) is 0 Å². The summed E-state index contributed by atoms with van der Waals surface area (Å²) in [5.41, 5.74) is 2.18. The number of hydrogen-bond donors (Lipinski definition) is 1. The van der Waals surface area contributed by atoms with Gasteiger partial charge in [-0.2, -0.15) is 0 Å². The second-order valence-corrected chi connectivity index (χ2v) is 8.38. The van der Waals surface area contributed by atoms with Crippen LogP contribution < -0.4 is 10.2 Å². The average Bonchev–Trinajstić information content (AvgIpc) is 3.38. The zero-order valence-corrected chi connectivity index (χ0v) is 15.9. The molecule has 1 fully saturated rings. The number of carbonyl (C=O) groups is 2. The molecular weight excluding hydrogens is 368 g/mol. The smallest absolute Gasteiger partial charge is 0.258 e. The minimum atomic E-state index is -0.0532. The fourth-order valence-electron chi connectivity index (χ4n) is 3.18. The highest BCUT2D eigenvalue weighted by Gasteiger charge is 2.39. The molecule has 1 N–H and O–H groups in total. The number of hydrogen-bond acceptors (Lipinski definition) is 3.